The molecule has 3 nitrogen and oxygen atoms in total. The van der Waals surface area contributed by atoms with Crippen molar-refractivity contribution in [1.29, 1.82) is 5.26 Å². The number of nitrogens with zero attached hydrogens (tertiary/aromatic N) is 2. The van der Waals surface area contributed by atoms with Crippen LogP contribution in [0.15, 0.2) is 30.3 Å². The van der Waals surface area contributed by atoms with E-state index in [2.05, 4.69) is 6.07 Å². The Labute approximate surface area is 103 Å². The molecule has 0 atom stereocenters. The van der Waals surface area contributed by atoms with Crippen LogP contribution in [0, 0.1) is 11.3 Å². The summed E-state index contributed by atoms with van der Waals surface area (Å²) >= 11 is 0. The minimum atomic E-state index is -0.414. The van der Waals surface area contributed by atoms with Crippen molar-refractivity contribution in [1.82, 2.24) is 4.81 Å². The van der Waals surface area contributed by atoms with E-state index < -0.39 is 7.05 Å². The zero-order chi connectivity index (χ0) is 12.3. The fourth-order valence-corrected chi connectivity index (χ4v) is 2.50. The predicted octanol–water partition coefficient (Wildman–Crippen LogP) is 1.65. The maximum atomic E-state index is 9.53. The Balaban J connectivity index is 2.17. The minimum absolute atomic E-state index is 0.368. The third-order valence-electron chi connectivity index (χ3n) is 3.72. The molecule has 0 amide bonds. The van der Waals surface area contributed by atoms with E-state index in [1.54, 1.807) is 6.82 Å². The van der Waals surface area contributed by atoms with Crippen LogP contribution in [0.1, 0.15) is 18.4 Å². The standard InChI is InChI=1S/C13H17BN2O/c1-14(17)16-9-7-13(11-15,8-10-16)12-5-3-2-4-6-12/h2-6,17H,7-10H2,1H3. The molecule has 0 unspecified atom stereocenters. The first kappa shape index (κ1) is 12.2. The van der Waals surface area contributed by atoms with Crippen molar-refractivity contribution in [3.63, 3.8) is 0 Å². The van der Waals surface area contributed by atoms with Crippen molar-refractivity contribution in [3.8, 4) is 6.07 Å². The lowest BCUT2D eigenvalue weighted by Crippen LogP contribution is -2.47. The second-order valence-electron chi connectivity index (χ2n) is 4.73. The molecule has 17 heavy (non-hydrogen) atoms. The van der Waals surface area contributed by atoms with Gasteiger partial charge in [-0.1, -0.05) is 30.3 Å². The minimum Gasteiger partial charge on any atom is -0.437 e. The molecule has 0 radical (unpaired) electrons. The van der Waals surface area contributed by atoms with Crippen molar-refractivity contribution >= 4 is 7.05 Å². The SMILES string of the molecule is CB(O)N1CCC(C#N)(c2ccccc2)CC1. The van der Waals surface area contributed by atoms with Crippen molar-refractivity contribution in [2.45, 2.75) is 25.1 Å². The third kappa shape index (κ3) is 2.36. The number of hydrogen-bond acceptors (Lipinski definition) is 3. The van der Waals surface area contributed by atoms with Gasteiger partial charge in [0.25, 0.3) is 0 Å². The molecule has 1 aromatic rings. The van der Waals surface area contributed by atoms with Crippen LogP contribution in [0.25, 0.3) is 0 Å². The molecular weight excluding hydrogens is 211 g/mol. The Morgan fingerprint density at radius 2 is 1.88 bits per heavy atom. The van der Waals surface area contributed by atoms with Gasteiger partial charge in [-0.05, 0) is 38.3 Å². The normalized spacial score (nSPS) is 19.6. The fourth-order valence-electron chi connectivity index (χ4n) is 2.50. The monoisotopic (exact) mass is 228 g/mol. The molecule has 0 bridgehead atoms. The molecule has 88 valence electrons. The number of nitriles is 1. The van der Waals surface area contributed by atoms with E-state index in [1.165, 1.54) is 0 Å². The van der Waals surface area contributed by atoms with E-state index in [0.717, 1.165) is 31.5 Å². The van der Waals surface area contributed by atoms with Crippen LogP contribution >= 0.6 is 0 Å². The summed E-state index contributed by atoms with van der Waals surface area (Å²) in [5.41, 5.74) is 0.736. The van der Waals surface area contributed by atoms with Gasteiger partial charge in [-0.25, -0.2) is 0 Å². The lowest BCUT2D eigenvalue weighted by atomic mass is 9.71. The van der Waals surface area contributed by atoms with Crippen molar-refractivity contribution < 1.29 is 5.02 Å². The van der Waals surface area contributed by atoms with Crippen LogP contribution in [0.3, 0.4) is 0 Å². The predicted molar refractivity (Wildman–Crippen MR) is 68.4 cm³/mol. The maximum Gasteiger partial charge on any atom is 0.376 e. The van der Waals surface area contributed by atoms with Gasteiger partial charge in [0, 0.05) is 0 Å². The summed E-state index contributed by atoms with van der Waals surface area (Å²) in [5, 5.41) is 19.0. The Morgan fingerprint density at radius 1 is 1.29 bits per heavy atom. The first-order valence-corrected chi connectivity index (χ1v) is 6.07. The van der Waals surface area contributed by atoms with Gasteiger partial charge in [-0.2, -0.15) is 5.26 Å². The zero-order valence-electron chi connectivity index (χ0n) is 10.1. The highest BCUT2D eigenvalue weighted by Crippen LogP contribution is 2.34. The Kier molecular flexibility index (Phi) is 3.51. The van der Waals surface area contributed by atoms with E-state index in [4.69, 9.17) is 0 Å². The van der Waals surface area contributed by atoms with E-state index in [1.807, 2.05) is 35.1 Å². The average Bonchev–Trinajstić information content (AvgIpc) is 2.40. The number of hydrogen-bond donors (Lipinski definition) is 1. The highest BCUT2D eigenvalue weighted by Gasteiger charge is 2.37. The third-order valence-corrected chi connectivity index (χ3v) is 3.72. The molecule has 1 aromatic carbocycles. The molecule has 0 saturated carbocycles. The summed E-state index contributed by atoms with van der Waals surface area (Å²) in [7, 11) is -0.414. The fraction of sp³-hybridized carbons (Fsp3) is 0.462. The molecule has 0 aliphatic carbocycles. The first-order valence-electron chi connectivity index (χ1n) is 6.07. The summed E-state index contributed by atoms with van der Waals surface area (Å²) in [5.74, 6) is 0. The second-order valence-corrected chi connectivity index (χ2v) is 4.73. The number of rotatable bonds is 2. The Hall–Kier alpha value is -1.31. The van der Waals surface area contributed by atoms with Crippen LogP contribution in [0.4, 0.5) is 0 Å². The average molecular weight is 228 g/mol. The van der Waals surface area contributed by atoms with Crippen LogP contribution in [0.5, 0.6) is 0 Å². The topological polar surface area (TPSA) is 47.3 Å². The van der Waals surface area contributed by atoms with E-state index in [-0.39, 0.29) is 5.41 Å². The van der Waals surface area contributed by atoms with Gasteiger partial charge in [-0.15, -0.1) is 0 Å². The summed E-state index contributed by atoms with van der Waals surface area (Å²) in [4.78, 5) is 2.01. The molecule has 1 saturated heterocycles. The molecule has 2 rings (SSSR count). The van der Waals surface area contributed by atoms with Gasteiger partial charge in [0.2, 0.25) is 0 Å². The van der Waals surface area contributed by atoms with E-state index in [0.29, 0.717) is 0 Å². The molecular formula is C13H17BN2O. The van der Waals surface area contributed by atoms with Crippen LogP contribution in [-0.2, 0) is 5.41 Å². The first-order chi connectivity index (χ1) is 8.18. The number of piperidine rings is 1. The summed E-state index contributed by atoms with van der Waals surface area (Å²) in [6.07, 6.45) is 1.58. The van der Waals surface area contributed by atoms with Crippen molar-refractivity contribution in [3.05, 3.63) is 35.9 Å². The molecule has 1 aliphatic heterocycles. The zero-order valence-corrected chi connectivity index (χ0v) is 10.1. The summed E-state index contributed by atoms with van der Waals surface area (Å²) < 4.78 is 0. The lowest BCUT2D eigenvalue weighted by Gasteiger charge is -2.38. The Bertz CT molecular complexity index is 405. The summed E-state index contributed by atoms with van der Waals surface area (Å²) in [6.45, 7) is 3.34. The van der Waals surface area contributed by atoms with Gasteiger partial charge in [0.15, 0.2) is 0 Å². The second kappa shape index (κ2) is 4.91. The number of benzene rings is 1. The molecule has 0 aromatic heterocycles. The molecule has 0 spiro atoms. The maximum absolute atomic E-state index is 9.53. The molecule has 4 heteroatoms. The van der Waals surface area contributed by atoms with Crippen LogP contribution in [0.2, 0.25) is 6.82 Å². The van der Waals surface area contributed by atoms with Gasteiger partial charge in [0.05, 0.1) is 11.5 Å². The van der Waals surface area contributed by atoms with Gasteiger partial charge in [-0.3, -0.25) is 0 Å². The lowest BCUT2D eigenvalue weighted by molar-refractivity contribution is 0.253. The smallest absolute Gasteiger partial charge is 0.376 e. The quantitative estimate of drug-likeness (QED) is 0.783. The molecule has 1 N–H and O–H groups in total. The van der Waals surface area contributed by atoms with Gasteiger partial charge in [0.1, 0.15) is 0 Å². The van der Waals surface area contributed by atoms with E-state index in [9.17, 15) is 10.3 Å². The molecule has 1 fully saturated rings. The largest absolute Gasteiger partial charge is 0.437 e. The highest BCUT2D eigenvalue weighted by molar-refractivity contribution is 6.45. The highest BCUT2D eigenvalue weighted by atomic mass is 16.2. The summed E-state index contributed by atoms with van der Waals surface area (Å²) in [6, 6.07) is 12.5. The van der Waals surface area contributed by atoms with Gasteiger partial charge >= 0.3 is 7.05 Å². The molecule has 1 aliphatic rings. The van der Waals surface area contributed by atoms with E-state index >= 15 is 0 Å². The molecule has 1 heterocycles. The van der Waals surface area contributed by atoms with Crippen LogP contribution in [-0.4, -0.2) is 30.0 Å². The van der Waals surface area contributed by atoms with Crippen molar-refractivity contribution in [2.75, 3.05) is 13.1 Å². The Morgan fingerprint density at radius 3 is 2.35 bits per heavy atom. The van der Waals surface area contributed by atoms with Crippen molar-refractivity contribution in [2.24, 2.45) is 0 Å². The van der Waals surface area contributed by atoms with Gasteiger partial charge < -0.3 is 9.83 Å². The van der Waals surface area contributed by atoms with Crippen LogP contribution < -0.4 is 0 Å².